The highest BCUT2D eigenvalue weighted by molar-refractivity contribution is 6.22. The predicted molar refractivity (Wildman–Crippen MR) is 160 cm³/mol. The predicted octanol–water partition coefficient (Wildman–Crippen LogP) is 7.40. The van der Waals surface area contributed by atoms with Crippen LogP contribution in [0.3, 0.4) is 0 Å². The SMILES string of the molecule is CC12C(C(=O)c3ccccc3)=C(C(=O)c3ccccc3)C(C(O)c3ccccc3)(c3ccccc31)c1ccccc12. The summed E-state index contributed by atoms with van der Waals surface area (Å²) in [5.74, 6) is -0.462. The number of Topliss-reactive ketones (excluding diaryl/α,β-unsaturated/α-hetero) is 2. The van der Waals surface area contributed by atoms with Crippen molar-refractivity contribution in [1.29, 1.82) is 0 Å². The second-order valence-electron chi connectivity index (χ2n) is 11.0. The van der Waals surface area contributed by atoms with E-state index in [2.05, 4.69) is 6.92 Å². The minimum atomic E-state index is -1.32. The van der Waals surface area contributed by atoms with Crippen LogP contribution < -0.4 is 0 Å². The molecule has 5 aromatic carbocycles. The van der Waals surface area contributed by atoms with Crippen molar-refractivity contribution in [3.8, 4) is 0 Å². The zero-order chi connectivity index (χ0) is 28.2. The van der Waals surface area contributed by atoms with Crippen LogP contribution in [-0.4, -0.2) is 16.7 Å². The number of hydrogen-bond acceptors (Lipinski definition) is 3. The van der Waals surface area contributed by atoms with E-state index in [1.807, 2.05) is 115 Å². The monoisotopic (exact) mass is 532 g/mol. The van der Waals surface area contributed by atoms with E-state index >= 15 is 0 Å². The maximum absolute atomic E-state index is 14.9. The molecule has 8 rings (SSSR count). The summed E-state index contributed by atoms with van der Waals surface area (Å²) in [4.78, 5) is 29.7. The normalized spacial score (nSPS) is 21.1. The largest absolute Gasteiger partial charge is 0.387 e. The van der Waals surface area contributed by atoms with E-state index in [1.165, 1.54) is 0 Å². The van der Waals surface area contributed by atoms with Gasteiger partial charge in [0.15, 0.2) is 11.6 Å². The van der Waals surface area contributed by atoms with Gasteiger partial charge in [-0.25, -0.2) is 0 Å². The molecule has 0 aliphatic heterocycles. The molecule has 1 atom stereocenters. The van der Waals surface area contributed by atoms with E-state index in [1.54, 1.807) is 24.3 Å². The highest BCUT2D eigenvalue weighted by Crippen LogP contribution is 2.66. The van der Waals surface area contributed by atoms with Crippen LogP contribution in [0, 0.1) is 0 Å². The Morgan fingerprint density at radius 1 is 0.512 bits per heavy atom. The van der Waals surface area contributed by atoms with Crippen LogP contribution in [0.15, 0.2) is 151 Å². The first-order valence-corrected chi connectivity index (χ1v) is 13.9. The first-order valence-electron chi connectivity index (χ1n) is 13.9. The molecule has 0 heterocycles. The van der Waals surface area contributed by atoms with Crippen LogP contribution in [0.2, 0.25) is 0 Å². The van der Waals surface area contributed by atoms with Gasteiger partial charge in [-0.15, -0.1) is 0 Å². The fourth-order valence-electron chi connectivity index (χ4n) is 7.22. The molecule has 5 aromatic rings. The smallest absolute Gasteiger partial charge is 0.190 e. The number of ketones is 2. The number of aliphatic hydroxyl groups is 1. The summed E-state index contributed by atoms with van der Waals surface area (Å²) in [6.07, 6.45) is -1.14. The summed E-state index contributed by atoms with van der Waals surface area (Å²) in [5.41, 5.74) is 3.74. The molecule has 0 spiro atoms. The lowest BCUT2D eigenvalue weighted by Crippen LogP contribution is -2.55. The molecule has 0 aromatic heterocycles. The standard InChI is InChI=1S/C38H28O3/c1-37-28-21-11-13-23-30(28)38(31-24-14-12-22-29(31)37,36(41)27-19-9-4-10-20-27)33(35(40)26-17-7-3-8-18-26)32(37)34(39)25-15-5-2-6-16-25/h2-24,36,41H,1H3. The quantitative estimate of drug-likeness (QED) is 0.232. The van der Waals surface area contributed by atoms with Gasteiger partial charge in [-0.05, 0) is 34.7 Å². The van der Waals surface area contributed by atoms with Crippen molar-refractivity contribution in [1.82, 2.24) is 0 Å². The van der Waals surface area contributed by atoms with Gasteiger partial charge in [0, 0.05) is 27.7 Å². The summed E-state index contributed by atoms with van der Waals surface area (Å²) in [6, 6.07) is 43.7. The van der Waals surface area contributed by atoms with E-state index < -0.39 is 16.9 Å². The summed E-state index contributed by atoms with van der Waals surface area (Å²) < 4.78 is 0. The Kier molecular flexibility index (Phi) is 5.74. The van der Waals surface area contributed by atoms with Crippen molar-refractivity contribution < 1.29 is 14.7 Å². The minimum Gasteiger partial charge on any atom is -0.387 e. The molecular formula is C38H28O3. The summed E-state index contributed by atoms with van der Waals surface area (Å²) in [7, 11) is 0. The van der Waals surface area contributed by atoms with E-state index in [9.17, 15) is 14.7 Å². The highest BCUT2D eigenvalue weighted by Gasteiger charge is 2.63. The lowest BCUT2D eigenvalue weighted by atomic mass is 9.44. The number of carbonyl (C=O) groups excluding carboxylic acids is 2. The van der Waals surface area contributed by atoms with Crippen molar-refractivity contribution in [3.05, 3.63) is 190 Å². The number of rotatable bonds is 6. The Labute approximate surface area is 239 Å². The number of aliphatic hydroxyl groups excluding tert-OH is 1. The second-order valence-corrected chi connectivity index (χ2v) is 11.0. The lowest BCUT2D eigenvalue weighted by Gasteiger charge is -2.57. The van der Waals surface area contributed by atoms with Crippen molar-refractivity contribution in [3.63, 3.8) is 0 Å². The van der Waals surface area contributed by atoms with Gasteiger partial charge in [-0.3, -0.25) is 9.59 Å². The molecule has 41 heavy (non-hydrogen) atoms. The Bertz CT molecular complexity index is 1790. The van der Waals surface area contributed by atoms with Gasteiger partial charge < -0.3 is 5.11 Å². The van der Waals surface area contributed by atoms with Gasteiger partial charge >= 0.3 is 0 Å². The van der Waals surface area contributed by atoms with Crippen LogP contribution in [0.4, 0.5) is 0 Å². The molecule has 3 aliphatic rings. The van der Waals surface area contributed by atoms with Crippen LogP contribution in [-0.2, 0) is 10.8 Å². The molecule has 198 valence electrons. The van der Waals surface area contributed by atoms with Gasteiger partial charge in [0.1, 0.15) is 0 Å². The first-order chi connectivity index (χ1) is 20.0. The second kappa shape index (κ2) is 9.36. The Morgan fingerprint density at radius 3 is 1.34 bits per heavy atom. The molecule has 3 nitrogen and oxygen atoms in total. The Morgan fingerprint density at radius 2 is 0.878 bits per heavy atom. The first kappa shape index (κ1) is 25.1. The third kappa shape index (κ3) is 3.36. The Balaban J connectivity index is 1.69. The number of carbonyl (C=O) groups is 2. The summed E-state index contributed by atoms with van der Waals surface area (Å²) >= 11 is 0. The topological polar surface area (TPSA) is 54.4 Å². The van der Waals surface area contributed by atoms with E-state index in [4.69, 9.17) is 0 Å². The molecule has 3 heteroatoms. The zero-order valence-corrected chi connectivity index (χ0v) is 22.6. The minimum absolute atomic E-state index is 0.207. The molecule has 0 amide bonds. The third-order valence-electron chi connectivity index (χ3n) is 8.98. The van der Waals surface area contributed by atoms with Gasteiger partial charge in [0.2, 0.25) is 0 Å². The number of allylic oxidation sites excluding steroid dienone is 1. The fourth-order valence-corrected chi connectivity index (χ4v) is 7.22. The lowest BCUT2D eigenvalue weighted by molar-refractivity contribution is 0.0856. The molecule has 0 saturated carbocycles. The van der Waals surface area contributed by atoms with Crippen LogP contribution in [0.25, 0.3) is 0 Å². The maximum Gasteiger partial charge on any atom is 0.190 e. The summed E-state index contributed by atoms with van der Waals surface area (Å²) in [5, 5.41) is 12.6. The van der Waals surface area contributed by atoms with Gasteiger partial charge in [0.25, 0.3) is 0 Å². The average molecular weight is 533 g/mol. The van der Waals surface area contributed by atoms with E-state index in [0.717, 1.165) is 22.3 Å². The van der Waals surface area contributed by atoms with Gasteiger partial charge in [0.05, 0.1) is 11.5 Å². The van der Waals surface area contributed by atoms with Crippen LogP contribution in [0.5, 0.6) is 0 Å². The number of hydrogen-bond donors (Lipinski definition) is 1. The zero-order valence-electron chi connectivity index (χ0n) is 22.6. The average Bonchev–Trinajstić information content (AvgIpc) is 3.05. The van der Waals surface area contributed by atoms with Gasteiger partial charge in [-0.1, -0.05) is 140 Å². The molecule has 1 N–H and O–H groups in total. The van der Waals surface area contributed by atoms with Crippen molar-refractivity contribution in [2.75, 3.05) is 0 Å². The maximum atomic E-state index is 14.9. The molecular weight excluding hydrogens is 504 g/mol. The number of benzene rings is 5. The molecule has 2 bridgehead atoms. The molecule has 1 unspecified atom stereocenters. The molecule has 3 aliphatic carbocycles. The molecule has 0 saturated heterocycles. The molecule has 0 radical (unpaired) electrons. The Hall–Kier alpha value is -4.86. The van der Waals surface area contributed by atoms with Crippen LogP contribution in [0.1, 0.15) is 61.6 Å². The molecule has 0 fully saturated rings. The van der Waals surface area contributed by atoms with Crippen LogP contribution >= 0.6 is 0 Å². The summed E-state index contributed by atoms with van der Waals surface area (Å²) in [6.45, 7) is 2.05. The van der Waals surface area contributed by atoms with E-state index in [-0.39, 0.29) is 11.6 Å². The van der Waals surface area contributed by atoms with Crippen molar-refractivity contribution >= 4 is 11.6 Å². The highest BCUT2D eigenvalue weighted by atomic mass is 16.3. The van der Waals surface area contributed by atoms with Gasteiger partial charge in [-0.2, -0.15) is 0 Å². The van der Waals surface area contributed by atoms with E-state index in [0.29, 0.717) is 27.8 Å². The van der Waals surface area contributed by atoms with Crippen molar-refractivity contribution in [2.45, 2.75) is 23.9 Å². The fraction of sp³-hybridized carbons (Fsp3) is 0.105. The third-order valence-corrected chi connectivity index (χ3v) is 8.98. The van der Waals surface area contributed by atoms with Crippen molar-refractivity contribution in [2.24, 2.45) is 0 Å².